The normalized spacial score (nSPS) is 10.5. The average molecular weight is 321 g/mol. The molecule has 2 rings (SSSR count). The first-order chi connectivity index (χ1) is 10.5. The number of amides is 1. The molecule has 0 saturated heterocycles. The number of carbonyl (C=O) groups is 2. The Morgan fingerprint density at radius 3 is 2.68 bits per heavy atom. The van der Waals surface area contributed by atoms with Gasteiger partial charge in [0.2, 0.25) is 0 Å². The minimum absolute atomic E-state index is 0.242. The number of H-pyrrole nitrogens is 1. The SMILES string of the molecule is CCc1[nH]c(C(=O)NCc2cnc(C)s2)c(C)c1C(=O)OC. The highest BCUT2D eigenvalue weighted by Gasteiger charge is 2.23. The number of nitrogens with zero attached hydrogens (tertiary/aromatic N) is 1. The molecule has 0 fully saturated rings. The Hall–Kier alpha value is -2.15. The standard InChI is InChI=1S/C15H19N3O3S/c1-5-11-12(15(20)21-4)8(2)13(18-11)14(19)17-7-10-6-16-9(3)22-10/h6,18H,5,7H2,1-4H3,(H,17,19). The van der Waals surface area contributed by atoms with Crippen molar-refractivity contribution in [2.24, 2.45) is 0 Å². The summed E-state index contributed by atoms with van der Waals surface area (Å²) in [4.78, 5) is 32.3. The van der Waals surface area contributed by atoms with Gasteiger partial charge in [-0.25, -0.2) is 9.78 Å². The van der Waals surface area contributed by atoms with Gasteiger partial charge in [-0.1, -0.05) is 6.92 Å². The van der Waals surface area contributed by atoms with Crippen LogP contribution in [0.4, 0.5) is 0 Å². The fourth-order valence-corrected chi connectivity index (χ4v) is 3.01. The zero-order valence-corrected chi connectivity index (χ0v) is 13.9. The first-order valence-corrected chi connectivity index (χ1v) is 7.78. The van der Waals surface area contributed by atoms with Gasteiger partial charge in [0.25, 0.3) is 5.91 Å². The van der Waals surface area contributed by atoms with Crippen LogP contribution in [0.3, 0.4) is 0 Å². The molecule has 6 nitrogen and oxygen atoms in total. The van der Waals surface area contributed by atoms with Crippen LogP contribution in [0.2, 0.25) is 0 Å². The van der Waals surface area contributed by atoms with Gasteiger partial charge in [0, 0.05) is 16.8 Å². The summed E-state index contributed by atoms with van der Waals surface area (Å²) >= 11 is 1.54. The predicted molar refractivity (Wildman–Crippen MR) is 84.3 cm³/mol. The number of hydrogen-bond donors (Lipinski definition) is 2. The summed E-state index contributed by atoms with van der Waals surface area (Å²) in [5.41, 5.74) is 2.17. The van der Waals surface area contributed by atoms with Crippen LogP contribution < -0.4 is 5.32 Å². The number of ether oxygens (including phenoxy) is 1. The molecule has 0 aromatic carbocycles. The molecule has 0 atom stereocenters. The number of carbonyl (C=O) groups excluding carboxylic acids is 2. The first kappa shape index (κ1) is 16.2. The van der Waals surface area contributed by atoms with Crippen molar-refractivity contribution in [2.45, 2.75) is 33.7 Å². The van der Waals surface area contributed by atoms with Crippen LogP contribution in [-0.4, -0.2) is 29.0 Å². The fourth-order valence-electron chi connectivity index (χ4n) is 2.27. The maximum Gasteiger partial charge on any atom is 0.339 e. The van der Waals surface area contributed by atoms with Gasteiger partial charge in [-0.15, -0.1) is 11.3 Å². The molecule has 0 unspecified atom stereocenters. The van der Waals surface area contributed by atoms with Gasteiger partial charge in [-0.05, 0) is 25.8 Å². The molecule has 2 aromatic heterocycles. The number of rotatable bonds is 5. The van der Waals surface area contributed by atoms with Crippen molar-refractivity contribution < 1.29 is 14.3 Å². The van der Waals surface area contributed by atoms with E-state index in [0.29, 0.717) is 35.5 Å². The zero-order chi connectivity index (χ0) is 16.3. The lowest BCUT2D eigenvalue weighted by Crippen LogP contribution is -2.23. The third-order valence-corrected chi connectivity index (χ3v) is 4.30. The van der Waals surface area contributed by atoms with Gasteiger partial charge in [0.1, 0.15) is 5.69 Å². The Bertz CT molecular complexity index is 703. The topological polar surface area (TPSA) is 84.1 Å². The predicted octanol–water partition coefficient (Wildman–Crippen LogP) is 2.37. The van der Waals surface area contributed by atoms with Crippen LogP contribution in [-0.2, 0) is 17.7 Å². The molecule has 0 aliphatic heterocycles. The summed E-state index contributed by atoms with van der Waals surface area (Å²) in [6, 6.07) is 0. The second-order valence-corrected chi connectivity index (χ2v) is 6.17. The Morgan fingerprint density at radius 1 is 1.41 bits per heavy atom. The number of hydrogen-bond acceptors (Lipinski definition) is 5. The van der Waals surface area contributed by atoms with E-state index in [9.17, 15) is 9.59 Å². The van der Waals surface area contributed by atoms with E-state index in [1.165, 1.54) is 7.11 Å². The highest BCUT2D eigenvalue weighted by Crippen LogP contribution is 2.20. The lowest BCUT2D eigenvalue weighted by Gasteiger charge is -2.03. The maximum atomic E-state index is 12.3. The van der Waals surface area contributed by atoms with Crippen LogP contribution in [0.15, 0.2) is 6.20 Å². The molecule has 0 bridgehead atoms. The Kier molecular flexibility index (Phi) is 4.97. The third-order valence-electron chi connectivity index (χ3n) is 3.39. The Balaban J connectivity index is 2.19. The molecular formula is C15H19N3O3S. The fraction of sp³-hybridized carbons (Fsp3) is 0.400. The lowest BCUT2D eigenvalue weighted by molar-refractivity contribution is 0.0599. The highest BCUT2D eigenvalue weighted by atomic mass is 32.1. The Morgan fingerprint density at radius 2 is 2.14 bits per heavy atom. The molecule has 1 amide bonds. The lowest BCUT2D eigenvalue weighted by atomic mass is 10.1. The zero-order valence-electron chi connectivity index (χ0n) is 13.1. The molecule has 2 N–H and O–H groups in total. The summed E-state index contributed by atoms with van der Waals surface area (Å²) in [5, 5.41) is 3.80. The van der Waals surface area contributed by atoms with Gasteiger partial charge in [-0.3, -0.25) is 4.79 Å². The summed E-state index contributed by atoms with van der Waals surface area (Å²) in [5.74, 6) is -0.670. The van der Waals surface area contributed by atoms with Crippen LogP contribution in [0.25, 0.3) is 0 Å². The molecular weight excluding hydrogens is 302 g/mol. The van der Waals surface area contributed by atoms with Crippen LogP contribution in [0.5, 0.6) is 0 Å². The molecule has 0 saturated carbocycles. The largest absolute Gasteiger partial charge is 0.465 e. The second kappa shape index (κ2) is 6.74. The van der Waals surface area contributed by atoms with Crippen molar-refractivity contribution in [3.8, 4) is 0 Å². The van der Waals surface area contributed by atoms with Crippen LogP contribution >= 0.6 is 11.3 Å². The van der Waals surface area contributed by atoms with E-state index in [-0.39, 0.29) is 5.91 Å². The molecule has 0 aliphatic rings. The number of esters is 1. The van der Waals surface area contributed by atoms with E-state index in [4.69, 9.17) is 4.74 Å². The molecule has 2 heterocycles. The van der Waals surface area contributed by atoms with Crippen molar-refractivity contribution in [1.29, 1.82) is 0 Å². The van der Waals surface area contributed by atoms with E-state index < -0.39 is 5.97 Å². The van der Waals surface area contributed by atoms with Gasteiger partial charge in [0.05, 0.1) is 24.2 Å². The van der Waals surface area contributed by atoms with Crippen molar-refractivity contribution in [2.75, 3.05) is 7.11 Å². The van der Waals surface area contributed by atoms with Crippen molar-refractivity contribution >= 4 is 23.2 Å². The summed E-state index contributed by atoms with van der Waals surface area (Å²) in [6.07, 6.45) is 2.37. The summed E-state index contributed by atoms with van der Waals surface area (Å²) in [6.45, 7) is 5.99. The van der Waals surface area contributed by atoms with Gasteiger partial charge < -0.3 is 15.0 Å². The van der Waals surface area contributed by atoms with Gasteiger partial charge in [0.15, 0.2) is 0 Å². The number of thiazole rings is 1. The second-order valence-electron chi connectivity index (χ2n) is 4.85. The van der Waals surface area contributed by atoms with E-state index in [0.717, 1.165) is 9.88 Å². The smallest absolute Gasteiger partial charge is 0.339 e. The van der Waals surface area contributed by atoms with Crippen molar-refractivity contribution in [3.05, 3.63) is 38.6 Å². The number of aromatic amines is 1. The van der Waals surface area contributed by atoms with Crippen LogP contribution in [0, 0.1) is 13.8 Å². The summed E-state index contributed by atoms with van der Waals surface area (Å²) in [7, 11) is 1.33. The summed E-state index contributed by atoms with van der Waals surface area (Å²) < 4.78 is 4.79. The monoisotopic (exact) mass is 321 g/mol. The molecule has 0 spiro atoms. The molecule has 0 radical (unpaired) electrons. The van der Waals surface area contributed by atoms with E-state index in [1.807, 2.05) is 13.8 Å². The minimum Gasteiger partial charge on any atom is -0.465 e. The van der Waals surface area contributed by atoms with Crippen LogP contribution in [0.1, 0.15) is 48.9 Å². The Labute approximate surface area is 132 Å². The molecule has 118 valence electrons. The van der Waals surface area contributed by atoms with E-state index in [2.05, 4.69) is 15.3 Å². The molecule has 0 aliphatic carbocycles. The van der Waals surface area contributed by atoms with Crippen molar-refractivity contribution in [3.63, 3.8) is 0 Å². The number of nitrogens with one attached hydrogen (secondary N) is 2. The molecule has 2 aromatic rings. The van der Waals surface area contributed by atoms with E-state index >= 15 is 0 Å². The molecule has 22 heavy (non-hydrogen) atoms. The van der Waals surface area contributed by atoms with E-state index in [1.54, 1.807) is 24.5 Å². The average Bonchev–Trinajstić information content (AvgIpc) is 3.07. The minimum atomic E-state index is -0.428. The van der Waals surface area contributed by atoms with Crippen molar-refractivity contribution in [1.82, 2.24) is 15.3 Å². The highest BCUT2D eigenvalue weighted by molar-refractivity contribution is 7.11. The third kappa shape index (κ3) is 3.19. The quantitative estimate of drug-likeness (QED) is 0.828. The maximum absolute atomic E-state index is 12.3. The van der Waals surface area contributed by atoms with Gasteiger partial charge in [-0.2, -0.15) is 0 Å². The first-order valence-electron chi connectivity index (χ1n) is 6.97. The number of aryl methyl sites for hydroxylation is 2. The molecule has 7 heteroatoms. The number of aromatic nitrogens is 2. The number of methoxy groups -OCH3 is 1. The van der Waals surface area contributed by atoms with Gasteiger partial charge >= 0.3 is 5.97 Å².